The Morgan fingerprint density at radius 3 is 2.40 bits per heavy atom. The van der Waals surface area contributed by atoms with Crippen molar-refractivity contribution >= 4 is 11.8 Å². The van der Waals surface area contributed by atoms with E-state index in [0.29, 0.717) is 31.2 Å². The number of aliphatic hydroxyl groups is 3. The molecular formula is C33H47N3O7. The van der Waals surface area contributed by atoms with Crippen molar-refractivity contribution in [2.45, 2.75) is 94.5 Å². The van der Waals surface area contributed by atoms with E-state index in [-0.39, 0.29) is 12.5 Å². The lowest BCUT2D eigenvalue weighted by molar-refractivity contribution is -0.322. The molecule has 4 rings (SSSR count). The van der Waals surface area contributed by atoms with Crippen LogP contribution in [0.2, 0.25) is 0 Å². The molecule has 0 aromatic heterocycles. The molecule has 236 valence electrons. The summed E-state index contributed by atoms with van der Waals surface area (Å²) in [4.78, 5) is 26.7. The molecule has 2 saturated heterocycles. The van der Waals surface area contributed by atoms with E-state index in [1.807, 2.05) is 44.1 Å². The molecule has 43 heavy (non-hydrogen) atoms. The average Bonchev–Trinajstić information content (AvgIpc) is 3.30. The molecule has 1 unspecified atom stereocenters. The number of carbonyl (C=O) groups is 2. The molecule has 0 radical (unpaired) electrons. The molecular weight excluding hydrogens is 550 g/mol. The monoisotopic (exact) mass is 597 g/mol. The number of aryl methyl sites for hydroxylation is 2. The van der Waals surface area contributed by atoms with Crippen LogP contribution in [-0.4, -0.2) is 88.7 Å². The Morgan fingerprint density at radius 1 is 1.07 bits per heavy atom. The number of benzene rings is 2. The number of nitrogens with two attached hydrogens (primary N) is 1. The van der Waals surface area contributed by atoms with Gasteiger partial charge in [0.15, 0.2) is 0 Å². The minimum Gasteiger partial charge on any atom is -0.387 e. The maximum Gasteiger partial charge on any atom is 0.242 e. The molecule has 0 saturated carbocycles. The van der Waals surface area contributed by atoms with Gasteiger partial charge in [0.2, 0.25) is 17.6 Å². The number of rotatable bonds is 13. The number of aliphatic hydroxyl groups excluding tert-OH is 3. The van der Waals surface area contributed by atoms with Gasteiger partial charge < -0.3 is 40.7 Å². The molecule has 2 bridgehead atoms. The van der Waals surface area contributed by atoms with Crippen LogP contribution in [0.3, 0.4) is 0 Å². The second-order valence-corrected chi connectivity index (χ2v) is 12.9. The molecule has 2 amide bonds. The van der Waals surface area contributed by atoms with Gasteiger partial charge in [0.1, 0.15) is 29.5 Å². The standard InChI is InChI=1S/C33H47N3O7/c1-21-10-15-25(33-29(40)27(38)28(39)32(3,43-33)20-42-33)19-24(21)18-23-13-11-22(12-14-23)8-6-9-26(37)35-31(2,30(34)41)16-7-17-36(4)5/h10-15,19,27-29,38-40H,6-9,16-18,20H2,1-5H3,(H2,34,41)(H,35,37)/t27-,28-,29+,31?,32-,33-/m0/s1. The van der Waals surface area contributed by atoms with Gasteiger partial charge in [-0.25, -0.2) is 0 Å². The highest BCUT2D eigenvalue weighted by molar-refractivity contribution is 5.90. The zero-order chi connectivity index (χ0) is 31.6. The summed E-state index contributed by atoms with van der Waals surface area (Å²) in [5, 5.41) is 34.6. The van der Waals surface area contributed by atoms with Crippen LogP contribution in [0.1, 0.15) is 67.3 Å². The maximum absolute atomic E-state index is 12.6. The fraction of sp³-hybridized carbons (Fsp3) is 0.576. The Kier molecular flexibility index (Phi) is 10.0. The van der Waals surface area contributed by atoms with E-state index in [9.17, 15) is 24.9 Å². The summed E-state index contributed by atoms with van der Waals surface area (Å²) in [6, 6.07) is 13.9. The topological polar surface area (TPSA) is 155 Å². The van der Waals surface area contributed by atoms with Gasteiger partial charge >= 0.3 is 0 Å². The highest BCUT2D eigenvalue weighted by Gasteiger charge is 2.65. The highest BCUT2D eigenvalue weighted by atomic mass is 16.8. The molecule has 2 aliphatic heterocycles. The van der Waals surface area contributed by atoms with E-state index in [2.05, 4.69) is 29.6 Å². The summed E-state index contributed by atoms with van der Waals surface area (Å²) in [6.45, 7) is 6.23. The lowest BCUT2D eigenvalue weighted by Gasteiger charge is -2.45. The molecule has 10 heteroatoms. The van der Waals surface area contributed by atoms with E-state index in [1.54, 1.807) is 13.8 Å². The van der Waals surface area contributed by atoms with Crippen LogP contribution in [0.15, 0.2) is 42.5 Å². The van der Waals surface area contributed by atoms with Gasteiger partial charge in [-0.2, -0.15) is 0 Å². The van der Waals surface area contributed by atoms with Crippen LogP contribution < -0.4 is 11.1 Å². The third kappa shape index (κ3) is 7.11. The largest absolute Gasteiger partial charge is 0.387 e. The van der Waals surface area contributed by atoms with Crippen LogP contribution >= 0.6 is 0 Å². The molecule has 6 N–H and O–H groups in total. The Morgan fingerprint density at radius 2 is 1.74 bits per heavy atom. The zero-order valence-electron chi connectivity index (χ0n) is 25.9. The number of hydrogen-bond donors (Lipinski definition) is 5. The fourth-order valence-corrected chi connectivity index (χ4v) is 5.96. The van der Waals surface area contributed by atoms with E-state index < -0.39 is 41.1 Å². The quantitative estimate of drug-likeness (QED) is 0.234. The smallest absolute Gasteiger partial charge is 0.242 e. The number of amides is 2. The van der Waals surface area contributed by atoms with Crippen molar-refractivity contribution < 1.29 is 34.4 Å². The van der Waals surface area contributed by atoms with Crippen LogP contribution in [0, 0.1) is 6.92 Å². The Bertz CT molecular complexity index is 1300. The first kappa shape index (κ1) is 33.0. The van der Waals surface area contributed by atoms with Crippen molar-refractivity contribution in [1.82, 2.24) is 10.2 Å². The van der Waals surface area contributed by atoms with E-state index in [4.69, 9.17) is 15.2 Å². The van der Waals surface area contributed by atoms with Crippen LogP contribution in [0.25, 0.3) is 0 Å². The molecule has 2 heterocycles. The molecule has 6 atom stereocenters. The van der Waals surface area contributed by atoms with E-state index in [1.165, 1.54) is 0 Å². The normalized spacial score (nSPS) is 28.1. The average molecular weight is 598 g/mol. The number of hydrogen-bond acceptors (Lipinski definition) is 8. The minimum absolute atomic E-state index is 0.0514. The Balaban J connectivity index is 1.34. The number of fused-ring (bicyclic) bond motifs is 2. The van der Waals surface area contributed by atoms with Crippen molar-refractivity contribution in [3.05, 3.63) is 70.3 Å². The van der Waals surface area contributed by atoms with Gasteiger partial charge in [-0.1, -0.05) is 36.4 Å². The number of ether oxygens (including phenoxy) is 2. The Hall–Kier alpha value is -2.86. The second-order valence-electron chi connectivity index (χ2n) is 12.9. The number of primary amides is 1. The van der Waals surface area contributed by atoms with Gasteiger partial charge in [-0.15, -0.1) is 0 Å². The summed E-state index contributed by atoms with van der Waals surface area (Å²) in [5.74, 6) is -2.26. The summed E-state index contributed by atoms with van der Waals surface area (Å²) in [5.41, 5.74) is 8.30. The number of nitrogens with one attached hydrogen (secondary N) is 1. The van der Waals surface area contributed by atoms with Crippen LogP contribution in [0.5, 0.6) is 0 Å². The van der Waals surface area contributed by atoms with Gasteiger partial charge in [0, 0.05) is 12.0 Å². The van der Waals surface area contributed by atoms with E-state index >= 15 is 0 Å². The molecule has 2 aromatic carbocycles. The van der Waals surface area contributed by atoms with Crippen LogP contribution in [0.4, 0.5) is 0 Å². The zero-order valence-corrected chi connectivity index (χ0v) is 25.9. The predicted molar refractivity (Wildman–Crippen MR) is 162 cm³/mol. The Labute approximate surface area is 254 Å². The lowest BCUT2D eigenvalue weighted by atomic mass is 9.84. The van der Waals surface area contributed by atoms with Crippen molar-refractivity contribution in [2.24, 2.45) is 5.73 Å². The number of carbonyl (C=O) groups excluding carboxylic acids is 2. The molecule has 2 aliphatic rings. The van der Waals surface area contributed by atoms with Gasteiger partial charge in [0.25, 0.3) is 0 Å². The summed E-state index contributed by atoms with van der Waals surface area (Å²) in [6.07, 6.45) is -0.566. The first-order valence-electron chi connectivity index (χ1n) is 15.0. The maximum atomic E-state index is 12.6. The van der Waals surface area contributed by atoms with Gasteiger partial charge in [-0.3, -0.25) is 9.59 Å². The first-order valence-corrected chi connectivity index (χ1v) is 15.0. The van der Waals surface area contributed by atoms with Crippen molar-refractivity contribution in [2.75, 3.05) is 27.2 Å². The summed E-state index contributed by atoms with van der Waals surface area (Å²) < 4.78 is 12.0. The van der Waals surface area contributed by atoms with Crippen molar-refractivity contribution in [1.29, 1.82) is 0 Å². The second kappa shape index (κ2) is 13.0. The van der Waals surface area contributed by atoms with Gasteiger partial charge in [0.05, 0.1) is 6.61 Å². The van der Waals surface area contributed by atoms with Crippen molar-refractivity contribution in [3.63, 3.8) is 0 Å². The number of nitrogens with zero attached hydrogens (tertiary/aromatic N) is 1. The molecule has 10 nitrogen and oxygen atoms in total. The first-order chi connectivity index (χ1) is 20.2. The summed E-state index contributed by atoms with van der Waals surface area (Å²) >= 11 is 0. The minimum atomic E-state index is -1.55. The SMILES string of the molecule is Cc1ccc([C@]23OC[C@](C)(O2)[C@@H](O)[C@H](O)[C@H]3O)cc1Cc1ccc(CCCC(=O)NC(C)(CCCN(C)C)C(N)=O)cc1. The summed E-state index contributed by atoms with van der Waals surface area (Å²) in [7, 11) is 3.92. The van der Waals surface area contributed by atoms with E-state index in [0.717, 1.165) is 41.6 Å². The van der Waals surface area contributed by atoms with Crippen molar-refractivity contribution in [3.8, 4) is 0 Å². The lowest BCUT2D eigenvalue weighted by Crippen LogP contribution is -2.63. The molecule has 2 fully saturated rings. The highest BCUT2D eigenvalue weighted by Crippen LogP contribution is 2.49. The van der Waals surface area contributed by atoms with Gasteiger partial charge in [-0.05, 0) is 102 Å². The fourth-order valence-electron chi connectivity index (χ4n) is 5.96. The third-order valence-electron chi connectivity index (χ3n) is 8.90. The molecule has 2 aromatic rings. The third-order valence-corrected chi connectivity index (χ3v) is 8.90. The molecule has 0 aliphatic carbocycles. The predicted octanol–water partition coefficient (Wildman–Crippen LogP) is 1.67. The molecule has 0 spiro atoms. The van der Waals surface area contributed by atoms with Crippen LogP contribution in [-0.2, 0) is 37.7 Å².